The van der Waals surface area contributed by atoms with Gasteiger partial charge in [0.25, 0.3) is 5.91 Å². The summed E-state index contributed by atoms with van der Waals surface area (Å²) in [5.41, 5.74) is 1.90. The van der Waals surface area contributed by atoms with E-state index < -0.39 is 10.0 Å². The lowest BCUT2D eigenvalue weighted by Gasteiger charge is -2.13. The predicted molar refractivity (Wildman–Crippen MR) is 97.6 cm³/mol. The van der Waals surface area contributed by atoms with Gasteiger partial charge in [0.2, 0.25) is 10.0 Å². The number of hydrogen-bond donors (Lipinski definition) is 2. The van der Waals surface area contributed by atoms with Crippen LogP contribution in [-0.4, -0.2) is 27.5 Å². The molecule has 25 heavy (non-hydrogen) atoms. The quantitative estimate of drug-likeness (QED) is 0.793. The van der Waals surface area contributed by atoms with Crippen LogP contribution in [-0.2, 0) is 10.0 Å². The zero-order valence-electron chi connectivity index (χ0n) is 14.5. The fraction of sp³-hybridized carbons (Fsp3) is 0.278. The first-order valence-electron chi connectivity index (χ1n) is 8.02. The van der Waals surface area contributed by atoms with Gasteiger partial charge in [-0.1, -0.05) is 19.1 Å². The molecule has 2 N–H and O–H groups in total. The number of anilines is 1. The van der Waals surface area contributed by atoms with Crippen LogP contribution < -0.4 is 14.8 Å². The number of carbonyl (C=O) groups excluding carboxylic acids is 1. The molecule has 0 bridgehead atoms. The third kappa shape index (κ3) is 4.80. The fourth-order valence-corrected chi connectivity index (χ4v) is 3.54. The van der Waals surface area contributed by atoms with Crippen molar-refractivity contribution in [3.8, 4) is 5.75 Å². The van der Waals surface area contributed by atoms with E-state index in [0.717, 1.165) is 5.56 Å². The molecule has 7 heteroatoms. The van der Waals surface area contributed by atoms with Crippen LogP contribution in [0.1, 0.15) is 29.8 Å². The summed E-state index contributed by atoms with van der Waals surface area (Å²) in [6, 6.07) is 11.7. The second-order valence-electron chi connectivity index (χ2n) is 5.42. The molecule has 0 aromatic heterocycles. The molecule has 6 nitrogen and oxygen atoms in total. The maximum atomic E-state index is 12.5. The van der Waals surface area contributed by atoms with Gasteiger partial charge in [-0.25, -0.2) is 13.1 Å². The van der Waals surface area contributed by atoms with Crippen LogP contribution in [0.2, 0.25) is 0 Å². The molecule has 0 heterocycles. The SMILES string of the molecule is CCNS(=O)(=O)c1cc(C(=O)Nc2cccc(C)c2)ccc1OCC. The molecule has 1 amide bonds. The minimum atomic E-state index is -3.75. The van der Waals surface area contributed by atoms with Gasteiger partial charge in [-0.05, 0) is 49.7 Å². The number of nitrogens with one attached hydrogen (secondary N) is 2. The summed E-state index contributed by atoms with van der Waals surface area (Å²) in [5.74, 6) is -0.169. The standard InChI is InChI=1S/C18H22N2O4S/c1-4-19-25(22,23)17-12-14(9-10-16(17)24-5-2)18(21)20-15-8-6-7-13(3)11-15/h6-12,19H,4-5H2,1-3H3,(H,20,21). The molecule has 0 aliphatic rings. The average Bonchev–Trinajstić information content (AvgIpc) is 2.55. The van der Waals surface area contributed by atoms with Crippen molar-refractivity contribution in [2.75, 3.05) is 18.5 Å². The van der Waals surface area contributed by atoms with Crippen LogP contribution >= 0.6 is 0 Å². The van der Waals surface area contributed by atoms with Crippen molar-refractivity contribution >= 4 is 21.6 Å². The molecule has 0 saturated carbocycles. The topological polar surface area (TPSA) is 84.5 Å². The van der Waals surface area contributed by atoms with Crippen LogP contribution in [0.15, 0.2) is 47.4 Å². The minimum Gasteiger partial charge on any atom is -0.492 e. The largest absolute Gasteiger partial charge is 0.492 e. The maximum Gasteiger partial charge on any atom is 0.255 e. The molecule has 0 unspecified atom stereocenters. The molecular formula is C18H22N2O4S. The highest BCUT2D eigenvalue weighted by atomic mass is 32.2. The van der Waals surface area contributed by atoms with Crippen LogP contribution in [0.3, 0.4) is 0 Å². The summed E-state index contributed by atoms with van der Waals surface area (Å²) in [6.07, 6.45) is 0. The Kier molecular flexibility index (Phi) is 6.17. The van der Waals surface area contributed by atoms with E-state index in [9.17, 15) is 13.2 Å². The zero-order chi connectivity index (χ0) is 18.4. The van der Waals surface area contributed by atoms with Gasteiger partial charge >= 0.3 is 0 Å². The normalized spacial score (nSPS) is 11.2. The predicted octanol–water partition coefficient (Wildman–Crippen LogP) is 2.94. The highest BCUT2D eigenvalue weighted by molar-refractivity contribution is 7.89. The number of sulfonamides is 1. The van der Waals surface area contributed by atoms with E-state index in [1.165, 1.54) is 12.1 Å². The van der Waals surface area contributed by atoms with Crippen LogP contribution in [0.4, 0.5) is 5.69 Å². The monoisotopic (exact) mass is 362 g/mol. The molecule has 0 spiro atoms. The van der Waals surface area contributed by atoms with E-state index in [1.54, 1.807) is 26.0 Å². The Morgan fingerprint density at radius 1 is 1.12 bits per heavy atom. The summed E-state index contributed by atoms with van der Waals surface area (Å²) in [5, 5.41) is 2.77. The smallest absolute Gasteiger partial charge is 0.255 e. The molecule has 0 radical (unpaired) electrons. The highest BCUT2D eigenvalue weighted by Gasteiger charge is 2.21. The first kappa shape index (κ1) is 19.0. The number of ether oxygens (including phenoxy) is 1. The fourth-order valence-electron chi connectivity index (χ4n) is 2.33. The van der Waals surface area contributed by atoms with Gasteiger partial charge in [-0.15, -0.1) is 0 Å². The second kappa shape index (κ2) is 8.13. The summed E-state index contributed by atoms with van der Waals surface area (Å²) in [4.78, 5) is 12.4. The lowest BCUT2D eigenvalue weighted by molar-refractivity contribution is 0.102. The minimum absolute atomic E-state index is 0.0481. The Balaban J connectivity index is 2.37. The Labute approximate surface area is 148 Å². The Hall–Kier alpha value is -2.38. The van der Waals surface area contributed by atoms with Gasteiger partial charge in [0.05, 0.1) is 6.61 Å². The second-order valence-corrected chi connectivity index (χ2v) is 7.15. The van der Waals surface area contributed by atoms with Crippen LogP contribution in [0, 0.1) is 6.92 Å². The van der Waals surface area contributed by atoms with Gasteiger partial charge in [0, 0.05) is 17.8 Å². The van der Waals surface area contributed by atoms with Gasteiger partial charge < -0.3 is 10.1 Å². The van der Waals surface area contributed by atoms with E-state index in [-0.39, 0.29) is 28.7 Å². The Morgan fingerprint density at radius 2 is 1.88 bits per heavy atom. The van der Waals surface area contributed by atoms with Crippen molar-refractivity contribution in [2.24, 2.45) is 0 Å². The van der Waals surface area contributed by atoms with E-state index in [2.05, 4.69) is 10.0 Å². The van der Waals surface area contributed by atoms with Crippen LogP contribution in [0.25, 0.3) is 0 Å². The molecule has 0 aliphatic heterocycles. The first-order valence-corrected chi connectivity index (χ1v) is 9.50. The van der Waals surface area contributed by atoms with E-state index in [4.69, 9.17) is 4.74 Å². The number of benzene rings is 2. The molecule has 0 saturated heterocycles. The molecule has 2 aromatic rings. The summed E-state index contributed by atoms with van der Waals surface area (Å²) >= 11 is 0. The average molecular weight is 362 g/mol. The Bertz CT molecular complexity index is 863. The third-order valence-corrected chi connectivity index (χ3v) is 4.97. The van der Waals surface area contributed by atoms with Crippen molar-refractivity contribution in [1.82, 2.24) is 4.72 Å². The highest BCUT2D eigenvalue weighted by Crippen LogP contribution is 2.25. The van der Waals surface area contributed by atoms with E-state index in [0.29, 0.717) is 12.3 Å². The number of hydrogen-bond acceptors (Lipinski definition) is 4. The van der Waals surface area contributed by atoms with E-state index >= 15 is 0 Å². The number of aryl methyl sites for hydroxylation is 1. The molecule has 134 valence electrons. The van der Waals surface area contributed by atoms with Crippen molar-refractivity contribution in [3.63, 3.8) is 0 Å². The molecule has 0 atom stereocenters. The number of amides is 1. The van der Waals surface area contributed by atoms with Gasteiger partial charge in [-0.2, -0.15) is 0 Å². The molecule has 0 fully saturated rings. The molecule has 2 rings (SSSR count). The number of rotatable bonds is 7. The summed E-state index contributed by atoms with van der Waals surface area (Å²) < 4.78 is 32.6. The third-order valence-electron chi connectivity index (χ3n) is 3.41. The molecule has 0 aliphatic carbocycles. The number of carbonyl (C=O) groups is 1. The van der Waals surface area contributed by atoms with Crippen molar-refractivity contribution < 1.29 is 17.9 Å². The zero-order valence-corrected chi connectivity index (χ0v) is 15.3. The Morgan fingerprint density at radius 3 is 2.52 bits per heavy atom. The van der Waals surface area contributed by atoms with Crippen molar-refractivity contribution in [1.29, 1.82) is 0 Å². The van der Waals surface area contributed by atoms with E-state index in [1.807, 2.05) is 25.1 Å². The van der Waals surface area contributed by atoms with Gasteiger partial charge in [0.1, 0.15) is 10.6 Å². The summed E-state index contributed by atoms with van der Waals surface area (Å²) in [7, 11) is -3.75. The first-order chi connectivity index (χ1) is 11.9. The van der Waals surface area contributed by atoms with Crippen molar-refractivity contribution in [3.05, 3.63) is 53.6 Å². The maximum absolute atomic E-state index is 12.5. The van der Waals surface area contributed by atoms with Crippen LogP contribution in [0.5, 0.6) is 5.75 Å². The summed E-state index contributed by atoms with van der Waals surface area (Å²) in [6.45, 7) is 5.94. The van der Waals surface area contributed by atoms with Gasteiger partial charge in [-0.3, -0.25) is 4.79 Å². The molecular weight excluding hydrogens is 340 g/mol. The van der Waals surface area contributed by atoms with Crippen molar-refractivity contribution in [2.45, 2.75) is 25.7 Å². The molecule has 2 aromatic carbocycles. The lowest BCUT2D eigenvalue weighted by Crippen LogP contribution is -2.24. The lowest BCUT2D eigenvalue weighted by atomic mass is 10.2. The van der Waals surface area contributed by atoms with Gasteiger partial charge in [0.15, 0.2) is 0 Å².